The Labute approximate surface area is 101 Å². The molecular formula is C12H9BrFNO. The molecule has 0 radical (unpaired) electrons. The van der Waals surface area contributed by atoms with E-state index >= 15 is 0 Å². The fourth-order valence-corrected chi connectivity index (χ4v) is 2.04. The van der Waals surface area contributed by atoms with Crippen molar-refractivity contribution in [1.29, 1.82) is 0 Å². The van der Waals surface area contributed by atoms with E-state index in [2.05, 4.69) is 20.9 Å². The van der Waals surface area contributed by atoms with Gasteiger partial charge in [0.1, 0.15) is 11.9 Å². The maximum absolute atomic E-state index is 13.6. The summed E-state index contributed by atoms with van der Waals surface area (Å²) in [5.41, 5.74) is 0.795. The number of aliphatic hydroxyl groups is 1. The number of nitrogens with zero attached hydrogens (tertiary/aromatic N) is 1. The van der Waals surface area contributed by atoms with Gasteiger partial charge in [0.2, 0.25) is 0 Å². The summed E-state index contributed by atoms with van der Waals surface area (Å²) in [5.74, 6) is -0.439. The standard InChI is InChI=1S/C12H9BrFNO/c13-9-4-1-5-10(14)11(9)12(16)8-3-2-6-15-7-8/h1-7,12,16H. The molecule has 0 bridgehead atoms. The van der Waals surface area contributed by atoms with Crippen LogP contribution >= 0.6 is 15.9 Å². The minimum absolute atomic E-state index is 0.232. The number of aliphatic hydroxyl groups excluding tert-OH is 1. The van der Waals surface area contributed by atoms with Gasteiger partial charge in [-0.3, -0.25) is 4.98 Å². The average molecular weight is 282 g/mol. The van der Waals surface area contributed by atoms with Gasteiger partial charge in [0.15, 0.2) is 0 Å². The number of rotatable bonds is 2. The van der Waals surface area contributed by atoms with Crippen molar-refractivity contribution in [2.45, 2.75) is 6.10 Å². The van der Waals surface area contributed by atoms with E-state index in [9.17, 15) is 9.50 Å². The quantitative estimate of drug-likeness (QED) is 0.918. The predicted molar refractivity (Wildman–Crippen MR) is 62.4 cm³/mol. The minimum Gasteiger partial charge on any atom is -0.383 e. The summed E-state index contributed by atoms with van der Waals surface area (Å²) in [6, 6.07) is 8.00. The summed E-state index contributed by atoms with van der Waals surface area (Å²) in [6.45, 7) is 0. The summed E-state index contributed by atoms with van der Waals surface area (Å²) in [7, 11) is 0. The van der Waals surface area contributed by atoms with Crippen LogP contribution in [0.1, 0.15) is 17.2 Å². The van der Waals surface area contributed by atoms with Crippen LogP contribution in [0, 0.1) is 5.82 Å². The number of benzene rings is 1. The number of hydrogen-bond acceptors (Lipinski definition) is 2. The molecule has 1 N–H and O–H groups in total. The third kappa shape index (κ3) is 2.13. The first-order valence-electron chi connectivity index (χ1n) is 4.72. The van der Waals surface area contributed by atoms with Crippen molar-refractivity contribution in [3.8, 4) is 0 Å². The maximum atomic E-state index is 13.6. The Morgan fingerprint density at radius 3 is 2.69 bits per heavy atom. The van der Waals surface area contributed by atoms with E-state index in [0.29, 0.717) is 10.0 Å². The second-order valence-electron chi connectivity index (χ2n) is 3.32. The first-order valence-corrected chi connectivity index (χ1v) is 5.51. The van der Waals surface area contributed by atoms with Gasteiger partial charge in [-0.1, -0.05) is 28.1 Å². The van der Waals surface area contributed by atoms with Crippen molar-refractivity contribution < 1.29 is 9.50 Å². The Morgan fingerprint density at radius 1 is 1.25 bits per heavy atom. The Balaban J connectivity index is 2.46. The molecule has 2 rings (SSSR count). The van der Waals surface area contributed by atoms with Crippen LogP contribution in [0.2, 0.25) is 0 Å². The Morgan fingerprint density at radius 2 is 2.06 bits per heavy atom. The van der Waals surface area contributed by atoms with Crippen LogP contribution in [0.5, 0.6) is 0 Å². The molecular weight excluding hydrogens is 273 g/mol. The molecule has 0 saturated carbocycles. The summed E-state index contributed by atoms with van der Waals surface area (Å²) in [4.78, 5) is 3.89. The molecule has 1 aromatic carbocycles. The van der Waals surface area contributed by atoms with E-state index in [1.165, 1.54) is 12.3 Å². The molecule has 0 spiro atoms. The average Bonchev–Trinajstić information content (AvgIpc) is 2.30. The topological polar surface area (TPSA) is 33.1 Å². The van der Waals surface area contributed by atoms with Crippen LogP contribution in [0.3, 0.4) is 0 Å². The van der Waals surface area contributed by atoms with Gasteiger partial charge in [-0.05, 0) is 18.2 Å². The maximum Gasteiger partial charge on any atom is 0.130 e. The van der Waals surface area contributed by atoms with Gasteiger partial charge >= 0.3 is 0 Å². The lowest BCUT2D eigenvalue weighted by molar-refractivity contribution is 0.213. The Kier molecular flexibility index (Phi) is 3.31. The highest BCUT2D eigenvalue weighted by Gasteiger charge is 2.17. The SMILES string of the molecule is OC(c1cccnc1)c1c(F)cccc1Br. The van der Waals surface area contributed by atoms with Crippen LogP contribution in [-0.2, 0) is 0 Å². The second-order valence-corrected chi connectivity index (χ2v) is 4.18. The van der Waals surface area contributed by atoms with Gasteiger partial charge in [-0.15, -0.1) is 0 Å². The van der Waals surface area contributed by atoms with Gasteiger partial charge in [0.05, 0.1) is 0 Å². The summed E-state index contributed by atoms with van der Waals surface area (Å²) < 4.78 is 14.1. The largest absolute Gasteiger partial charge is 0.383 e. The van der Waals surface area contributed by atoms with E-state index in [4.69, 9.17) is 0 Å². The first kappa shape index (κ1) is 11.2. The summed E-state index contributed by atoms with van der Waals surface area (Å²) in [6.07, 6.45) is 2.11. The van der Waals surface area contributed by atoms with Crippen LogP contribution in [0.4, 0.5) is 4.39 Å². The van der Waals surface area contributed by atoms with Gasteiger partial charge < -0.3 is 5.11 Å². The number of aromatic nitrogens is 1. The molecule has 16 heavy (non-hydrogen) atoms. The number of pyridine rings is 1. The zero-order valence-corrected chi connectivity index (χ0v) is 9.86. The molecule has 0 aliphatic carbocycles. The van der Waals surface area contributed by atoms with E-state index in [1.54, 1.807) is 30.5 Å². The van der Waals surface area contributed by atoms with Crippen molar-refractivity contribution in [2.75, 3.05) is 0 Å². The summed E-state index contributed by atoms with van der Waals surface area (Å²) >= 11 is 3.22. The molecule has 2 nitrogen and oxygen atoms in total. The van der Waals surface area contributed by atoms with E-state index in [1.807, 2.05) is 0 Å². The molecule has 1 aromatic heterocycles. The van der Waals surface area contributed by atoms with Crippen molar-refractivity contribution in [2.24, 2.45) is 0 Å². The molecule has 0 saturated heterocycles. The monoisotopic (exact) mass is 281 g/mol. The Hall–Kier alpha value is -1.26. The highest BCUT2D eigenvalue weighted by molar-refractivity contribution is 9.10. The lowest BCUT2D eigenvalue weighted by Crippen LogP contribution is -2.03. The van der Waals surface area contributed by atoms with Gasteiger partial charge in [-0.2, -0.15) is 0 Å². The van der Waals surface area contributed by atoms with E-state index in [-0.39, 0.29) is 5.56 Å². The van der Waals surface area contributed by atoms with E-state index in [0.717, 1.165) is 0 Å². The predicted octanol–water partition coefficient (Wildman–Crippen LogP) is 3.06. The highest BCUT2D eigenvalue weighted by atomic mass is 79.9. The fourth-order valence-electron chi connectivity index (χ4n) is 1.48. The Bertz CT molecular complexity index is 469. The zero-order chi connectivity index (χ0) is 11.5. The molecule has 1 atom stereocenters. The third-order valence-corrected chi connectivity index (χ3v) is 2.96. The molecule has 1 unspecified atom stereocenters. The molecule has 2 aromatic rings. The second kappa shape index (κ2) is 4.72. The zero-order valence-electron chi connectivity index (χ0n) is 8.27. The minimum atomic E-state index is -1.01. The van der Waals surface area contributed by atoms with Crippen LogP contribution in [0.25, 0.3) is 0 Å². The smallest absolute Gasteiger partial charge is 0.130 e. The lowest BCUT2D eigenvalue weighted by Gasteiger charge is -2.13. The van der Waals surface area contributed by atoms with Crippen molar-refractivity contribution >= 4 is 15.9 Å². The van der Waals surface area contributed by atoms with Crippen LogP contribution in [0.15, 0.2) is 47.2 Å². The molecule has 0 aliphatic rings. The molecule has 0 aliphatic heterocycles. The third-order valence-electron chi connectivity index (χ3n) is 2.27. The number of hydrogen-bond donors (Lipinski definition) is 1. The lowest BCUT2D eigenvalue weighted by atomic mass is 10.0. The molecule has 1 heterocycles. The fraction of sp³-hybridized carbons (Fsp3) is 0.0833. The van der Waals surface area contributed by atoms with Crippen LogP contribution < -0.4 is 0 Å². The van der Waals surface area contributed by atoms with Gasteiger partial charge in [0, 0.05) is 28.0 Å². The van der Waals surface area contributed by atoms with Crippen LogP contribution in [-0.4, -0.2) is 10.1 Å². The molecule has 82 valence electrons. The van der Waals surface area contributed by atoms with E-state index < -0.39 is 11.9 Å². The van der Waals surface area contributed by atoms with Crippen molar-refractivity contribution in [1.82, 2.24) is 4.98 Å². The normalized spacial score (nSPS) is 12.4. The molecule has 0 amide bonds. The van der Waals surface area contributed by atoms with Crippen molar-refractivity contribution in [3.05, 3.63) is 64.1 Å². The number of halogens is 2. The first-order chi connectivity index (χ1) is 7.70. The summed E-state index contributed by atoms with van der Waals surface area (Å²) in [5, 5.41) is 10.0. The van der Waals surface area contributed by atoms with Crippen molar-refractivity contribution in [3.63, 3.8) is 0 Å². The molecule has 0 fully saturated rings. The molecule has 4 heteroatoms. The highest BCUT2D eigenvalue weighted by Crippen LogP contribution is 2.30. The van der Waals surface area contributed by atoms with Gasteiger partial charge in [-0.25, -0.2) is 4.39 Å². The van der Waals surface area contributed by atoms with Gasteiger partial charge in [0.25, 0.3) is 0 Å².